The molecule has 41 heavy (non-hydrogen) atoms. The van der Waals surface area contributed by atoms with Crippen molar-refractivity contribution in [1.82, 2.24) is 24.2 Å². The third-order valence-corrected chi connectivity index (χ3v) is 10.1. The number of piperidine rings is 2. The number of carbonyl (C=O) groups excluding carboxylic acids is 1. The van der Waals surface area contributed by atoms with Gasteiger partial charge in [-0.15, -0.1) is 0 Å². The topological polar surface area (TPSA) is 96.5 Å². The van der Waals surface area contributed by atoms with Crippen LogP contribution in [0.4, 0.5) is 14.5 Å². The van der Waals surface area contributed by atoms with Crippen LogP contribution in [-0.4, -0.2) is 72.9 Å². The van der Waals surface area contributed by atoms with E-state index in [4.69, 9.17) is 0 Å². The Morgan fingerprint density at radius 1 is 0.951 bits per heavy atom. The molecule has 1 aromatic carbocycles. The molecular weight excluding hydrogens is 530 g/mol. The highest BCUT2D eigenvalue weighted by atomic mass is 19.3. The average molecular weight is 567 g/mol. The molecule has 0 radical (unpaired) electrons. The van der Waals surface area contributed by atoms with Gasteiger partial charge in [-0.25, -0.2) is 18.4 Å². The number of benzene rings is 1. The molecule has 11 heteroatoms. The van der Waals surface area contributed by atoms with Gasteiger partial charge in [0, 0.05) is 50.1 Å². The maximum Gasteiger partial charge on any atom is 0.264 e. The number of hydrogen-bond donors (Lipinski definition) is 1. The Morgan fingerprint density at radius 3 is 2.20 bits per heavy atom. The molecule has 4 aliphatic rings. The van der Waals surface area contributed by atoms with Crippen LogP contribution in [0.5, 0.6) is 0 Å². The van der Waals surface area contributed by atoms with E-state index in [0.29, 0.717) is 37.0 Å². The number of nitrogens with zero attached hydrogens (tertiary/aromatic N) is 6. The van der Waals surface area contributed by atoms with Gasteiger partial charge in [0.05, 0.1) is 24.0 Å². The summed E-state index contributed by atoms with van der Waals surface area (Å²) >= 11 is 0. The first-order valence-electron chi connectivity index (χ1n) is 14.7. The Balaban J connectivity index is 1.02. The summed E-state index contributed by atoms with van der Waals surface area (Å²) in [6, 6.07) is 7.84. The van der Waals surface area contributed by atoms with Crippen molar-refractivity contribution in [3.05, 3.63) is 47.1 Å². The van der Waals surface area contributed by atoms with E-state index in [9.17, 15) is 23.5 Å². The van der Waals surface area contributed by atoms with Gasteiger partial charge < -0.3 is 14.9 Å². The van der Waals surface area contributed by atoms with Gasteiger partial charge in [-0.3, -0.25) is 14.2 Å². The minimum absolute atomic E-state index is 0.0201. The number of likely N-dealkylation sites (tertiary alicyclic amines) is 1. The minimum Gasteiger partial charge on any atom is -0.388 e. The van der Waals surface area contributed by atoms with Gasteiger partial charge in [0.25, 0.3) is 5.56 Å². The molecule has 2 saturated heterocycles. The zero-order chi connectivity index (χ0) is 28.6. The van der Waals surface area contributed by atoms with Crippen molar-refractivity contribution in [3.63, 3.8) is 0 Å². The zero-order valence-electron chi connectivity index (χ0n) is 23.4. The third kappa shape index (κ3) is 4.71. The van der Waals surface area contributed by atoms with E-state index in [1.165, 1.54) is 17.1 Å². The van der Waals surface area contributed by atoms with Crippen LogP contribution in [0.15, 0.2) is 41.6 Å². The lowest BCUT2D eigenvalue weighted by Gasteiger charge is -2.52. The zero-order valence-corrected chi connectivity index (χ0v) is 23.4. The molecule has 2 aromatic heterocycles. The fourth-order valence-corrected chi connectivity index (χ4v) is 7.08. The van der Waals surface area contributed by atoms with E-state index in [0.717, 1.165) is 50.1 Å². The number of aliphatic hydroxyl groups is 1. The number of amides is 1. The van der Waals surface area contributed by atoms with Crippen molar-refractivity contribution < 1.29 is 18.7 Å². The standard InChI is InChI=1S/C30H36F2N6O3/c1-27(6-7-27)26(40)36-14-10-29(41,11-15-36)19-37-20-33-24-23(25(37)39)16-34-38(24)22-4-2-21(3-5-22)35-12-8-28(9-13-35)17-30(31,32)18-28/h2-5,16,20,41H,6-15,17-19H2,1H3. The van der Waals surface area contributed by atoms with Gasteiger partial charge in [-0.05, 0) is 68.2 Å². The molecule has 4 heterocycles. The first-order chi connectivity index (χ1) is 19.5. The Bertz CT molecular complexity index is 1530. The summed E-state index contributed by atoms with van der Waals surface area (Å²) in [5.41, 5.74) is 0.479. The highest BCUT2D eigenvalue weighted by Crippen LogP contribution is 2.57. The van der Waals surface area contributed by atoms with E-state index >= 15 is 0 Å². The summed E-state index contributed by atoms with van der Waals surface area (Å²) in [4.78, 5) is 34.6. The predicted octanol–water partition coefficient (Wildman–Crippen LogP) is 3.75. The molecule has 0 unspecified atom stereocenters. The second-order valence-corrected chi connectivity index (χ2v) is 13.3. The normalized spacial score (nSPS) is 23.9. The number of carbonyl (C=O) groups is 1. The molecule has 1 N–H and O–H groups in total. The summed E-state index contributed by atoms with van der Waals surface area (Å²) in [6.07, 6.45) is 7.26. The predicted molar refractivity (Wildman–Crippen MR) is 149 cm³/mol. The fourth-order valence-electron chi connectivity index (χ4n) is 7.08. The van der Waals surface area contributed by atoms with E-state index in [-0.39, 0.29) is 41.7 Å². The summed E-state index contributed by atoms with van der Waals surface area (Å²) in [7, 11) is 0. The van der Waals surface area contributed by atoms with Crippen LogP contribution in [0.3, 0.4) is 0 Å². The largest absolute Gasteiger partial charge is 0.388 e. The molecule has 1 spiro atoms. The molecule has 7 rings (SSSR count). The Morgan fingerprint density at radius 2 is 1.59 bits per heavy atom. The molecule has 2 aliphatic heterocycles. The number of fused-ring (bicyclic) bond motifs is 1. The molecule has 1 amide bonds. The van der Waals surface area contributed by atoms with Crippen LogP contribution in [0.2, 0.25) is 0 Å². The number of aromatic nitrogens is 4. The van der Waals surface area contributed by atoms with Gasteiger partial charge in [-0.2, -0.15) is 5.10 Å². The Labute approximate surface area is 236 Å². The van der Waals surface area contributed by atoms with Gasteiger partial charge in [0.1, 0.15) is 11.7 Å². The summed E-state index contributed by atoms with van der Waals surface area (Å²) < 4.78 is 30.0. The average Bonchev–Trinajstić information content (AvgIpc) is 3.54. The summed E-state index contributed by atoms with van der Waals surface area (Å²) in [5, 5.41) is 16.0. The Kier molecular flexibility index (Phi) is 5.88. The second-order valence-electron chi connectivity index (χ2n) is 13.3. The molecule has 2 saturated carbocycles. The lowest BCUT2D eigenvalue weighted by molar-refractivity contribution is -0.168. The third-order valence-electron chi connectivity index (χ3n) is 10.1. The van der Waals surface area contributed by atoms with Crippen LogP contribution in [0.25, 0.3) is 16.7 Å². The molecule has 3 aromatic rings. The molecule has 0 atom stereocenters. The van der Waals surface area contributed by atoms with Gasteiger partial charge in [-0.1, -0.05) is 6.92 Å². The Hall–Kier alpha value is -3.34. The number of rotatable bonds is 5. The van der Waals surface area contributed by atoms with E-state index in [1.807, 2.05) is 36.1 Å². The van der Waals surface area contributed by atoms with Crippen LogP contribution < -0.4 is 10.5 Å². The van der Waals surface area contributed by atoms with Crippen LogP contribution in [-0.2, 0) is 11.3 Å². The summed E-state index contributed by atoms with van der Waals surface area (Å²) in [5.74, 6) is -2.31. The first-order valence-corrected chi connectivity index (χ1v) is 14.7. The minimum atomic E-state index is -2.49. The van der Waals surface area contributed by atoms with Crippen molar-refractivity contribution in [3.8, 4) is 5.69 Å². The maximum absolute atomic E-state index is 13.4. The van der Waals surface area contributed by atoms with Crippen molar-refractivity contribution >= 4 is 22.6 Å². The molecule has 218 valence electrons. The van der Waals surface area contributed by atoms with Crippen LogP contribution >= 0.6 is 0 Å². The lowest BCUT2D eigenvalue weighted by atomic mass is 9.61. The number of anilines is 1. The van der Waals surface area contributed by atoms with Crippen molar-refractivity contribution in [2.24, 2.45) is 10.8 Å². The number of alkyl halides is 2. The first kappa shape index (κ1) is 26.6. The second kappa shape index (κ2) is 9.08. The molecule has 4 fully saturated rings. The van der Waals surface area contributed by atoms with Crippen LogP contribution in [0.1, 0.15) is 58.3 Å². The molecule has 9 nitrogen and oxygen atoms in total. The van der Waals surface area contributed by atoms with Gasteiger partial charge in [0.2, 0.25) is 11.8 Å². The van der Waals surface area contributed by atoms with Crippen molar-refractivity contribution in [2.75, 3.05) is 31.1 Å². The lowest BCUT2D eigenvalue weighted by Crippen LogP contribution is -2.52. The maximum atomic E-state index is 13.4. The molecule has 0 bridgehead atoms. The summed E-state index contributed by atoms with van der Waals surface area (Å²) in [6.45, 7) is 4.61. The quantitative estimate of drug-likeness (QED) is 0.506. The van der Waals surface area contributed by atoms with E-state index in [1.54, 1.807) is 4.68 Å². The smallest absolute Gasteiger partial charge is 0.264 e. The monoisotopic (exact) mass is 566 g/mol. The molecule has 2 aliphatic carbocycles. The molecular formula is C30H36F2N6O3. The fraction of sp³-hybridized carbons (Fsp3) is 0.600. The highest BCUT2D eigenvalue weighted by Gasteiger charge is 2.56. The number of hydrogen-bond acceptors (Lipinski definition) is 6. The SMILES string of the molecule is CC1(C(=O)N2CCC(O)(Cn3cnc4c(cnn4-c4ccc(N5CCC6(CC5)CC(F)(F)C6)cc4)c3=O)CC2)CC1. The number of halogens is 2. The van der Waals surface area contributed by atoms with Gasteiger partial charge in [0.15, 0.2) is 5.65 Å². The van der Waals surface area contributed by atoms with Crippen LogP contribution in [0, 0.1) is 10.8 Å². The van der Waals surface area contributed by atoms with E-state index < -0.39 is 11.5 Å². The van der Waals surface area contributed by atoms with Crippen molar-refractivity contribution in [2.45, 2.75) is 76.4 Å². The van der Waals surface area contributed by atoms with E-state index in [2.05, 4.69) is 15.0 Å². The van der Waals surface area contributed by atoms with Crippen molar-refractivity contribution in [1.29, 1.82) is 0 Å². The van der Waals surface area contributed by atoms with Gasteiger partial charge >= 0.3 is 0 Å². The highest BCUT2D eigenvalue weighted by molar-refractivity contribution is 5.85.